The summed E-state index contributed by atoms with van der Waals surface area (Å²) in [6.07, 6.45) is 0.474. The Kier molecular flexibility index (Phi) is 5.16. The monoisotopic (exact) mass is 234 g/mol. The Hall–Kier alpha value is -1.35. The molecule has 0 radical (unpaired) electrons. The maximum atomic E-state index is 12.1. The number of carbonyl (C=O) groups is 1. The van der Waals surface area contributed by atoms with Crippen molar-refractivity contribution in [2.75, 3.05) is 19.6 Å². The zero-order valence-electron chi connectivity index (χ0n) is 11.0. The number of rotatable bonds is 5. The Morgan fingerprint density at radius 3 is 2.65 bits per heavy atom. The third-order valence-electron chi connectivity index (χ3n) is 2.98. The first-order valence-corrected chi connectivity index (χ1v) is 6.12. The molecule has 0 saturated carbocycles. The lowest BCUT2D eigenvalue weighted by Gasteiger charge is -2.20. The van der Waals surface area contributed by atoms with Gasteiger partial charge in [0.2, 0.25) is 5.91 Å². The molecule has 0 aromatic heterocycles. The van der Waals surface area contributed by atoms with Crippen molar-refractivity contribution in [1.82, 2.24) is 4.90 Å². The molecule has 0 unspecified atom stereocenters. The van der Waals surface area contributed by atoms with Gasteiger partial charge in [-0.05, 0) is 31.9 Å². The minimum absolute atomic E-state index is 0.159. The molecular weight excluding hydrogens is 212 g/mol. The molecular formula is C14H22N2O. The van der Waals surface area contributed by atoms with Crippen LogP contribution in [0.2, 0.25) is 0 Å². The van der Waals surface area contributed by atoms with Crippen molar-refractivity contribution in [2.45, 2.75) is 27.2 Å². The Morgan fingerprint density at radius 2 is 2.06 bits per heavy atom. The average Bonchev–Trinajstić information content (AvgIpc) is 2.30. The summed E-state index contributed by atoms with van der Waals surface area (Å²) in [4.78, 5) is 13.9. The maximum Gasteiger partial charge on any atom is 0.227 e. The molecule has 0 heterocycles. The van der Waals surface area contributed by atoms with E-state index in [9.17, 15) is 4.79 Å². The van der Waals surface area contributed by atoms with Crippen molar-refractivity contribution >= 4 is 5.91 Å². The predicted molar refractivity (Wildman–Crippen MR) is 70.9 cm³/mol. The molecule has 1 amide bonds. The van der Waals surface area contributed by atoms with E-state index in [1.54, 1.807) is 0 Å². The Morgan fingerprint density at radius 1 is 1.35 bits per heavy atom. The lowest BCUT2D eigenvalue weighted by atomic mass is 10.0. The highest BCUT2D eigenvalue weighted by atomic mass is 16.2. The standard InChI is InChI=1S/C14H22N2O/c1-4-16(8-7-15)14(17)10-13-9-11(2)5-6-12(13)3/h5-6,9H,4,7-8,10,15H2,1-3H3. The van der Waals surface area contributed by atoms with E-state index in [-0.39, 0.29) is 5.91 Å². The van der Waals surface area contributed by atoms with Crippen LogP contribution in [-0.2, 0) is 11.2 Å². The number of amides is 1. The van der Waals surface area contributed by atoms with Crippen molar-refractivity contribution < 1.29 is 4.79 Å². The second-order valence-electron chi connectivity index (χ2n) is 4.37. The van der Waals surface area contributed by atoms with Crippen LogP contribution in [-0.4, -0.2) is 30.4 Å². The number of likely N-dealkylation sites (N-methyl/N-ethyl adjacent to an activating group) is 1. The summed E-state index contributed by atoms with van der Waals surface area (Å²) in [5, 5.41) is 0. The van der Waals surface area contributed by atoms with Crippen molar-refractivity contribution in [3.8, 4) is 0 Å². The van der Waals surface area contributed by atoms with Gasteiger partial charge in [-0.1, -0.05) is 23.8 Å². The Labute approximate surface area is 104 Å². The topological polar surface area (TPSA) is 46.3 Å². The Balaban J connectivity index is 2.76. The van der Waals surface area contributed by atoms with E-state index in [0.29, 0.717) is 19.5 Å². The number of carbonyl (C=O) groups excluding carboxylic acids is 1. The first-order chi connectivity index (χ1) is 8.08. The van der Waals surface area contributed by atoms with Gasteiger partial charge < -0.3 is 10.6 Å². The SMILES string of the molecule is CCN(CCN)C(=O)Cc1cc(C)ccc1C. The van der Waals surface area contributed by atoms with Crippen molar-refractivity contribution in [1.29, 1.82) is 0 Å². The summed E-state index contributed by atoms with van der Waals surface area (Å²) in [6.45, 7) is 7.95. The number of hydrogen-bond acceptors (Lipinski definition) is 2. The van der Waals surface area contributed by atoms with Crippen molar-refractivity contribution in [3.05, 3.63) is 34.9 Å². The Bertz CT molecular complexity index is 388. The van der Waals surface area contributed by atoms with Gasteiger partial charge in [-0.15, -0.1) is 0 Å². The molecule has 3 nitrogen and oxygen atoms in total. The number of benzene rings is 1. The normalized spacial score (nSPS) is 10.4. The molecule has 0 bridgehead atoms. The maximum absolute atomic E-state index is 12.1. The fourth-order valence-corrected chi connectivity index (χ4v) is 1.88. The average molecular weight is 234 g/mol. The van der Waals surface area contributed by atoms with Crippen LogP contribution in [0.3, 0.4) is 0 Å². The minimum Gasteiger partial charge on any atom is -0.341 e. The molecule has 3 heteroatoms. The first kappa shape index (κ1) is 13.7. The van der Waals surface area contributed by atoms with Gasteiger partial charge in [-0.25, -0.2) is 0 Å². The summed E-state index contributed by atoms with van der Waals surface area (Å²) in [5.41, 5.74) is 8.98. The quantitative estimate of drug-likeness (QED) is 0.842. The molecule has 1 aromatic carbocycles. The van der Waals surface area contributed by atoms with E-state index in [2.05, 4.69) is 18.2 Å². The summed E-state index contributed by atoms with van der Waals surface area (Å²) in [5.74, 6) is 0.159. The molecule has 94 valence electrons. The predicted octanol–water partition coefficient (Wildman–Crippen LogP) is 1.65. The molecule has 0 aliphatic carbocycles. The molecule has 0 spiro atoms. The molecule has 1 rings (SSSR count). The van der Waals surface area contributed by atoms with Crippen LogP contribution >= 0.6 is 0 Å². The minimum atomic E-state index is 0.159. The number of aryl methyl sites for hydroxylation is 2. The first-order valence-electron chi connectivity index (χ1n) is 6.12. The lowest BCUT2D eigenvalue weighted by Crippen LogP contribution is -2.36. The van der Waals surface area contributed by atoms with E-state index in [1.165, 1.54) is 11.1 Å². The van der Waals surface area contributed by atoms with Crippen LogP contribution in [0, 0.1) is 13.8 Å². The highest BCUT2D eigenvalue weighted by molar-refractivity contribution is 5.79. The van der Waals surface area contributed by atoms with E-state index in [4.69, 9.17) is 5.73 Å². The molecule has 1 aromatic rings. The van der Waals surface area contributed by atoms with Gasteiger partial charge in [0.05, 0.1) is 6.42 Å². The number of nitrogens with zero attached hydrogens (tertiary/aromatic N) is 1. The van der Waals surface area contributed by atoms with Gasteiger partial charge in [-0.3, -0.25) is 4.79 Å². The fourth-order valence-electron chi connectivity index (χ4n) is 1.88. The second kappa shape index (κ2) is 6.40. The highest BCUT2D eigenvalue weighted by Gasteiger charge is 2.12. The molecule has 0 aliphatic rings. The van der Waals surface area contributed by atoms with Gasteiger partial charge in [0, 0.05) is 19.6 Å². The van der Waals surface area contributed by atoms with Crippen LogP contribution in [0.4, 0.5) is 0 Å². The summed E-state index contributed by atoms with van der Waals surface area (Å²) in [6, 6.07) is 6.22. The largest absolute Gasteiger partial charge is 0.341 e. The third kappa shape index (κ3) is 3.86. The lowest BCUT2D eigenvalue weighted by molar-refractivity contribution is -0.130. The van der Waals surface area contributed by atoms with Crippen LogP contribution < -0.4 is 5.73 Å². The van der Waals surface area contributed by atoms with Crippen LogP contribution in [0.15, 0.2) is 18.2 Å². The molecule has 0 aliphatic heterocycles. The van der Waals surface area contributed by atoms with Gasteiger partial charge in [0.1, 0.15) is 0 Å². The van der Waals surface area contributed by atoms with Gasteiger partial charge in [0.15, 0.2) is 0 Å². The van der Waals surface area contributed by atoms with Crippen LogP contribution in [0.5, 0.6) is 0 Å². The van der Waals surface area contributed by atoms with Gasteiger partial charge in [0.25, 0.3) is 0 Å². The van der Waals surface area contributed by atoms with Crippen LogP contribution in [0.1, 0.15) is 23.6 Å². The summed E-state index contributed by atoms with van der Waals surface area (Å²) in [7, 11) is 0. The van der Waals surface area contributed by atoms with Crippen LogP contribution in [0.25, 0.3) is 0 Å². The van der Waals surface area contributed by atoms with E-state index >= 15 is 0 Å². The molecule has 2 N–H and O–H groups in total. The fraction of sp³-hybridized carbons (Fsp3) is 0.500. The molecule has 0 saturated heterocycles. The molecule has 0 atom stereocenters. The van der Waals surface area contributed by atoms with Gasteiger partial charge in [-0.2, -0.15) is 0 Å². The zero-order chi connectivity index (χ0) is 12.8. The zero-order valence-corrected chi connectivity index (χ0v) is 11.0. The van der Waals surface area contributed by atoms with E-state index in [1.807, 2.05) is 25.7 Å². The third-order valence-corrected chi connectivity index (χ3v) is 2.98. The summed E-state index contributed by atoms with van der Waals surface area (Å²) < 4.78 is 0. The summed E-state index contributed by atoms with van der Waals surface area (Å²) >= 11 is 0. The van der Waals surface area contributed by atoms with E-state index in [0.717, 1.165) is 12.1 Å². The molecule has 0 fully saturated rings. The number of hydrogen-bond donors (Lipinski definition) is 1. The van der Waals surface area contributed by atoms with Crippen molar-refractivity contribution in [3.63, 3.8) is 0 Å². The second-order valence-corrected chi connectivity index (χ2v) is 4.37. The molecule has 17 heavy (non-hydrogen) atoms. The number of nitrogens with two attached hydrogens (primary N) is 1. The van der Waals surface area contributed by atoms with Crippen molar-refractivity contribution in [2.24, 2.45) is 5.73 Å². The van der Waals surface area contributed by atoms with E-state index < -0.39 is 0 Å². The van der Waals surface area contributed by atoms with Gasteiger partial charge >= 0.3 is 0 Å². The highest BCUT2D eigenvalue weighted by Crippen LogP contribution is 2.12. The smallest absolute Gasteiger partial charge is 0.227 e.